The summed E-state index contributed by atoms with van der Waals surface area (Å²) >= 11 is 0. The topological polar surface area (TPSA) is 59.5 Å². The number of ether oxygens (including phenoxy) is 2. The smallest absolute Gasteiger partial charge is 0.145 e. The van der Waals surface area contributed by atoms with Gasteiger partial charge < -0.3 is 14.8 Å². The van der Waals surface area contributed by atoms with E-state index < -0.39 is 0 Å². The van der Waals surface area contributed by atoms with Crippen LogP contribution in [-0.4, -0.2) is 54.8 Å². The summed E-state index contributed by atoms with van der Waals surface area (Å²) in [5, 5.41) is 4.59. The van der Waals surface area contributed by atoms with Gasteiger partial charge in [-0.3, -0.25) is 4.90 Å². The quantitative estimate of drug-likeness (QED) is 0.612. The largest absolute Gasteiger partial charge is 0.496 e. The number of piperidine rings is 1. The van der Waals surface area contributed by atoms with E-state index in [4.69, 9.17) is 19.4 Å². The van der Waals surface area contributed by atoms with E-state index in [1.807, 2.05) is 30.3 Å². The second-order valence-corrected chi connectivity index (χ2v) is 7.71. The molecule has 1 saturated heterocycles. The first-order chi connectivity index (χ1) is 14.8. The van der Waals surface area contributed by atoms with Gasteiger partial charge in [0.05, 0.1) is 25.3 Å². The van der Waals surface area contributed by atoms with E-state index in [9.17, 15) is 0 Å². The van der Waals surface area contributed by atoms with E-state index in [1.54, 1.807) is 14.2 Å². The van der Waals surface area contributed by atoms with Crippen molar-refractivity contribution in [3.05, 3.63) is 59.9 Å². The summed E-state index contributed by atoms with van der Waals surface area (Å²) in [5.41, 5.74) is 2.17. The molecule has 6 nitrogen and oxygen atoms in total. The van der Waals surface area contributed by atoms with Gasteiger partial charge in [-0.1, -0.05) is 30.3 Å². The van der Waals surface area contributed by atoms with Crippen LogP contribution in [0.25, 0.3) is 10.9 Å². The zero-order chi connectivity index (χ0) is 20.8. The minimum atomic E-state index is 0.381. The van der Waals surface area contributed by atoms with Crippen molar-refractivity contribution in [1.82, 2.24) is 14.9 Å². The number of nitrogens with one attached hydrogen (secondary N) is 1. The summed E-state index contributed by atoms with van der Waals surface area (Å²) in [6, 6.07) is 16.3. The molecule has 3 aromatic rings. The van der Waals surface area contributed by atoms with Crippen LogP contribution in [0.4, 0.5) is 5.82 Å². The summed E-state index contributed by atoms with van der Waals surface area (Å²) in [6.45, 7) is 3.58. The molecule has 2 aromatic carbocycles. The molecule has 1 fully saturated rings. The summed E-state index contributed by atoms with van der Waals surface area (Å²) < 4.78 is 11.0. The van der Waals surface area contributed by atoms with E-state index in [0.717, 1.165) is 73.7 Å². The third-order valence-corrected chi connectivity index (χ3v) is 5.76. The highest BCUT2D eigenvalue weighted by Gasteiger charge is 2.20. The van der Waals surface area contributed by atoms with Gasteiger partial charge in [0, 0.05) is 32.1 Å². The van der Waals surface area contributed by atoms with Crippen molar-refractivity contribution in [3.63, 3.8) is 0 Å². The van der Waals surface area contributed by atoms with Gasteiger partial charge in [-0.15, -0.1) is 0 Å². The fraction of sp³-hybridized carbons (Fsp3) is 0.417. The first kappa shape index (κ1) is 20.6. The molecule has 158 valence electrons. The molecular weight excluding hydrogens is 376 g/mol. The van der Waals surface area contributed by atoms with Crippen molar-refractivity contribution >= 4 is 16.7 Å². The van der Waals surface area contributed by atoms with Gasteiger partial charge in [-0.2, -0.15) is 0 Å². The second-order valence-electron chi connectivity index (χ2n) is 7.71. The number of likely N-dealkylation sites (tertiary alicyclic amines) is 1. The minimum absolute atomic E-state index is 0.381. The van der Waals surface area contributed by atoms with Gasteiger partial charge in [-0.25, -0.2) is 9.97 Å². The Morgan fingerprint density at radius 2 is 1.77 bits per heavy atom. The lowest BCUT2D eigenvalue weighted by atomic mass is 10.1. The molecule has 0 unspecified atom stereocenters. The van der Waals surface area contributed by atoms with Crippen molar-refractivity contribution < 1.29 is 9.47 Å². The second kappa shape index (κ2) is 9.87. The maximum absolute atomic E-state index is 5.49. The molecule has 0 atom stereocenters. The van der Waals surface area contributed by atoms with E-state index in [1.165, 1.54) is 5.56 Å². The summed E-state index contributed by atoms with van der Waals surface area (Å²) in [6.07, 6.45) is 3.37. The predicted molar refractivity (Wildman–Crippen MR) is 120 cm³/mol. The Morgan fingerprint density at radius 3 is 2.57 bits per heavy atom. The van der Waals surface area contributed by atoms with Crippen LogP contribution in [0, 0.1) is 0 Å². The van der Waals surface area contributed by atoms with E-state index in [0.29, 0.717) is 6.10 Å². The highest BCUT2D eigenvalue weighted by molar-refractivity contribution is 5.88. The van der Waals surface area contributed by atoms with Crippen LogP contribution in [0.15, 0.2) is 48.5 Å². The van der Waals surface area contributed by atoms with Crippen LogP contribution in [0.2, 0.25) is 0 Å². The molecule has 0 amide bonds. The Labute approximate surface area is 178 Å². The molecule has 0 radical (unpaired) electrons. The molecule has 0 aliphatic carbocycles. The molecule has 1 aliphatic heterocycles. The molecule has 2 heterocycles. The summed E-state index contributed by atoms with van der Waals surface area (Å²) in [7, 11) is 3.52. The Hall–Kier alpha value is -2.70. The molecule has 6 heteroatoms. The number of aromatic nitrogens is 2. The first-order valence-corrected chi connectivity index (χ1v) is 10.6. The monoisotopic (exact) mass is 406 g/mol. The van der Waals surface area contributed by atoms with Crippen molar-refractivity contribution in [2.24, 2.45) is 0 Å². The van der Waals surface area contributed by atoms with Crippen molar-refractivity contribution in [3.8, 4) is 5.75 Å². The zero-order valence-corrected chi connectivity index (χ0v) is 17.8. The van der Waals surface area contributed by atoms with Gasteiger partial charge in [-0.05, 0) is 43.0 Å². The predicted octanol–water partition coefficient (Wildman–Crippen LogP) is 3.90. The number of benzene rings is 2. The van der Waals surface area contributed by atoms with Crippen LogP contribution >= 0.6 is 0 Å². The lowest BCUT2D eigenvalue weighted by Gasteiger charge is -2.30. The highest BCUT2D eigenvalue weighted by Crippen LogP contribution is 2.23. The van der Waals surface area contributed by atoms with E-state index in [-0.39, 0.29) is 0 Å². The lowest BCUT2D eigenvalue weighted by molar-refractivity contribution is 0.0382. The number of nitrogens with zero attached hydrogens (tertiary/aromatic N) is 3. The fourth-order valence-electron chi connectivity index (χ4n) is 4.06. The number of methoxy groups -OCH3 is 2. The van der Waals surface area contributed by atoms with Gasteiger partial charge in [0.1, 0.15) is 17.4 Å². The molecule has 4 rings (SSSR count). The number of hydrogen-bond acceptors (Lipinski definition) is 6. The highest BCUT2D eigenvalue weighted by atomic mass is 16.5. The fourth-order valence-corrected chi connectivity index (χ4v) is 4.06. The molecule has 1 N–H and O–H groups in total. The van der Waals surface area contributed by atoms with Crippen molar-refractivity contribution in [1.29, 1.82) is 0 Å². The molecular formula is C24H30N4O2. The van der Waals surface area contributed by atoms with Gasteiger partial charge in [0.15, 0.2) is 0 Å². The van der Waals surface area contributed by atoms with Crippen LogP contribution in [0.3, 0.4) is 0 Å². The Bertz CT molecular complexity index is 970. The van der Waals surface area contributed by atoms with Crippen molar-refractivity contribution in [2.75, 3.05) is 39.2 Å². The number of para-hydroxylation sites is 2. The summed E-state index contributed by atoms with van der Waals surface area (Å²) in [4.78, 5) is 12.1. The number of fused-ring (bicyclic) bond motifs is 1. The Kier molecular flexibility index (Phi) is 6.77. The number of hydrogen-bond donors (Lipinski definition) is 1. The third kappa shape index (κ3) is 4.89. The minimum Gasteiger partial charge on any atom is -0.496 e. The molecule has 0 bridgehead atoms. The molecule has 0 spiro atoms. The lowest BCUT2D eigenvalue weighted by Crippen LogP contribution is -2.36. The third-order valence-electron chi connectivity index (χ3n) is 5.76. The Balaban J connectivity index is 1.47. The number of anilines is 1. The van der Waals surface area contributed by atoms with Crippen LogP contribution in [0.5, 0.6) is 5.75 Å². The van der Waals surface area contributed by atoms with Gasteiger partial charge >= 0.3 is 0 Å². The molecule has 1 aliphatic rings. The van der Waals surface area contributed by atoms with Gasteiger partial charge in [0.2, 0.25) is 0 Å². The number of rotatable bonds is 8. The normalized spacial score (nSPS) is 15.4. The average Bonchev–Trinajstić information content (AvgIpc) is 2.80. The van der Waals surface area contributed by atoms with Crippen LogP contribution < -0.4 is 10.1 Å². The first-order valence-electron chi connectivity index (χ1n) is 10.6. The SMILES string of the molecule is COc1ccccc1CCNc1nc(CN2CCC(OC)CC2)nc2ccccc12. The zero-order valence-electron chi connectivity index (χ0n) is 17.8. The summed E-state index contributed by atoms with van der Waals surface area (Å²) in [5.74, 6) is 2.69. The molecule has 1 aromatic heterocycles. The Morgan fingerprint density at radius 1 is 1.00 bits per heavy atom. The van der Waals surface area contributed by atoms with Crippen LogP contribution in [0.1, 0.15) is 24.2 Å². The molecule has 0 saturated carbocycles. The van der Waals surface area contributed by atoms with E-state index in [2.05, 4.69) is 28.4 Å². The van der Waals surface area contributed by atoms with E-state index >= 15 is 0 Å². The van der Waals surface area contributed by atoms with Crippen molar-refractivity contribution in [2.45, 2.75) is 31.9 Å². The maximum Gasteiger partial charge on any atom is 0.145 e. The van der Waals surface area contributed by atoms with Crippen LogP contribution in [-0.2, 0) is 17.7 Å². The maximum atomic E-state index is 5.49. The molecule has 30 heavy (non-hydrogen) atoms. The average molecular weight is 407 g/mol. The standard InChI is InChI=1S/C24H30N4O2/c1-29-19-12-15-28(16-13-19)17-23-26-21-9-5-4-8-20(21)24(27-23)25-14-11-18-7-3-6-10-22(18)30-2/h3-10,19H,11-17H2,1-2H3,(H,25,26,27). The van der Waals surface area contributed by atoms with Gasteiger partial charge in [0.25, 0.3) is 0 Å².